The molecule has 1 saturated heterocycles. The summed E-state index contributed by atoms with van der Waals surface area (Å²) in [6, 6.07) is 10.4. The summed E-state index contributed by atoms with van der Waals surface area (Å²) in [6.07, 6.45) is 0.833. The summed E-state index contributed by atoms with van der Waals surface area (Å²) in [4.78, 5) is 0.324. The lowest BCUT2D eigenvalue weighted by Crippen LogP contribution is -2.29. The third-order valence-corrected chi connectivity index (χ3v) is 7.35. The van der Waals surface area contributed by atoms with Crippen LogP contribution in [0.5, 0.6) is 0 Å². The van der Waals surface area contributed by atoms with Crippen LogP contribution < -0.4 is 0 Å². The molecule has 4 rings (SSSR count). The largest absolute Gasteiger partial charge is 0.347 e. The fraction of sp³-hybridized carbons (Fsp3) is 0.389. The molecule has 1 unspecified atom stereocenters. The van der Waals surface area contributed by atoms with Gasteiger partial charge in [-0.2, -0.15) is 9.40 Å². The van der Waals surface area contributed by atoms with E-state index in [2.05, 4.69) is 40.0 Å². The zero-order chi connectivity index (χ0) is 17.8. The number of nitrogens with one attached hydrogen (secondary N) is 1. The molecule has 132 valence electrons. The molecule has 25 heavy (non-hydrogen) atoms. The van der Waals surface area contributed by atoms with E-state index >= 15 is 0 Å². The quantitative estimate of drug-likeness (QED) is 0.782. The van der Waals surface area contributed by atoms with Crippen molar-refractivity contribution < 1.29 is 8.42 Å². The first kappa shape index (κ1) is 16.4. The summed E-state index contributed by atoms with van der Waals surface area (Å²) < 4.78 is 29.8. The Morgan fingerprint density at radius 1 is 1.24 bits per heavy atom. The van der Waals surface area contributed by atoms with Crippen molar-refractivity contribution in [1.29, 1.82) is 0 Å². The molecular weight excluding hydrogens is 336 g/mol. The minimum atomic E-state index is -3.51. The summed E-state index contributed by atoms with van der Waals surface area (Å²) in [5.41, 5.74) is 3.51. The van der Waals surface area contributed by atoms with Crippen molar-refractivity contribution in [2.45, 2.75) is 31.1 Å². The number of fused-ring (bicyclic) bond motifs is 1. The molecule has 3 heterocycles. The monoisotopic (exact) mass is 358 g/mol. The van der Waals surface area contributed by atoms with Gasteiger partial charge in [-0.15, -0.1) is 0 Å². The normalized spacial score (nSPS) is 19.1. The highest BCUT2D eigenvalue weighted by Crippen LogP contribution is 2.34. The Kier molecular flexibility index (Phi) is 3.73. The van der Waals surface area contributed by atoms with Gasteiger partial charge < -0.3 is 4.57 Å². The lowest BCUT2D eigenvalue weighted by atomic mass is 10.1. The van der Waals surface area contributed by atoms with Crippen LogP contribution in [0.1, 0.15) is 29.4 Å². The molecule has 1 aromatic carbocycles. The van der Waals surface area contributed by atoms with Crippen molar-refractivity contribution in [2.24, 2.45) is 7.05 Å². The molecule has 1 aliphatic heterocycles. The van der Waals surface area contributed by atoms with E-state index in [1.54, 1.807) is 18.2 Å². The van der Waals surface area contributed by atoms with Crippen molar-refractivity contribution in [3.63, 3.8) is 0 Å². The van der Waals surface area contributed by atoms with Crippen molar-refractivity contribution >= 4 is 20.9 Å². The number of rotatable bonds is 3. The topological polar surface area (TPSA) is 71.0 Å². The summed E-state index contributed by atoms with van der Waals surface area (Å²) in [5.74, 6) is 0.208. The summed E-state index contributed by atoms with van der Waals surface area (Å²) in [5, 5.41) is 8.01. The maximum Gasteiger partial charge on any atom is 0.246 e. The van der Waals surface area contributed by atoms with Crippen LogP contribution in [0.2, 0.25) is 0 Å². The first-order valence-electron chi connectivity index (χ1n) is 8.45. The van der Waals surface area contributed by atoms with Crippen LogP contribution in [0.3, 0.4) is 0 Å². The second-order valence-corrected chi connectivity index (χ2v) is 8.67. The van der Waals surface area contributed by atoms with E-state index in [0.29, 0.717) is 29.4 Å². The minimum Gasteiger partial charge on any atom is -0.347 e. The molecule has 1 N–H and O–H groups in total. The lowest BCUT2D eigenvalue weighted by molar-refractivity contribution is 0.470. The number of hydrogen-bond acceptors (Lipinski definition) is 3. The van der Waals surface area contributed by atoms with Crippen LogP contribution in [-0.2, 0) is 17.1 Å². The fourth-order valence-electron chi connectivity index (χ4n) is 3.94. The minimum absolute atomic E-state index is 0.208. The van der Waals surface area contributed by atoms with Gasteiger partial charge in [-0.25, -0.2) is 8.42 Å². The highest BCUT2D eigenvalue weighted by atomic mass is 32.2. The Morgan fingerprint density at radius 3 is 2.68 bits per heavy atom. The van der Waals surface area contributed by atoms with Crippen molar-refractivity contribution in [1.82, 2.24) is 19.1 Å². The first-order valence-corrected chi connectivity index (χ1v) is 9.89. The van der Waals surface area contributed by atoms with Gasteiger partial charge in [0.1, 0.15) is 4.90 Å². The predicted octanol–water partition coefficient (Wildman–Crippen LogP) is 2.70. The Morgan fingerprint density at radius 2 is 2.00 bits per heavy atom. The maximum absolute atomic E-state index is 13.0. The van der Waals surface area contributed by atoms with Gasteiger partial charge in [-0.3, -0.25) is 5.10 Å². The molecule has 0 amide bonds. The van der Waals surface area contributed by atoms with Crippen molar-refractivity contribution in [2.75, 3.05) is 13.1 Å². The Hall–Kier alpha value is -2.12. The molecule has 1 aliphatic rings. The van der Waals surface area contributed by atoms with Crippen LogP contribution >= 0.6 is 0 Å². The van der Waals surface area contributed by atoms with Crippen molar-refractivity contribution in [3.8, 4) is 0 Å². The molecule has 1 fully saturated rings. The lowest BCUT2D eigenvalue weighted by Gasteiger charge is -2.17. The number of aryl methyl sites for hydroxylation is 3. The molecule has 0 aliphatic carbocycles. The van der Waals surface area contributed by atoms with Crippen LogP contribution in [-0.4, -0.2) is 40.6 Å². The number of para-hydroxylation sites is 1. The Bertz CT molecular complexity index is 1030. The Balaban J connectivity index is 1.66. The van der Waals surface area contributed by atoms with Gasteiger partial charge >= 0.3 is 0 Å². The van der Waals surface area contributed by atoms with E-state index in [9.17, 15) is 8.42 Å². The molecule has 2 aromatic heterocycles. The van der Waals surface area contributed by atoms with Crippen LogP contribution in [0.15, 0.2) is 35.2 Å². The SMILES string of the molecule is Cc1n[nH]c(C)c1S(=O)(=O)N1CCC(c2cc3ccccc3n2C)C1. The number of aromatic amines is 1. The summed E-state index contributed by atoms with van der Waals surface area (Å²) >= 11 is 0. The summed E-state index contributed by atoms with van der Waals surface area (Å²) in [6.45, 7) is 4.54. The molecule has 0 saturated carbocycles. The average molecular weight is 358 g/mol. The van der Waals surface area contributed by atoms with Gasteiger partial charge in [0.15, 0.2) is 0 Å². The molecule has 0 spiro atoms. The van der Waals surface area contributed by atoms with E-state index in [1.165, 1.54) is 16.6 Å². The zero-order valence-electron chi connectivity index (χ0n) is 14.7. The maximum atomic E-state index is 13.0. The van der Waals surface area contributed by atoms with E-state index < -0.39 is 10.0 Å². The number of hydrogen-bond donors (Lipinski definition) is 1. The number of aromatic nitrogens is 3. The highest BCUT2D eigenvalue weighted by Gasteiger charge is 2.36. The molecule has 3 aromatic rings. The smallest absolute Gasteiger partial charge is 0.246 e. The molecule has 6 nitrogen and oxygen atoms in total. The zero-order valence-corrected chi connectivity index (χ0v) is 15.5. The highest BCUT2D eigenvalue weighted by molar-refractivity contribution is 7.89. The standard InChI is InChI=1S/C18H22N4O2S/c1-12-18(13(2)20-19-12)25(23,24)22-9-8-15(11-22)17-10-14-6-4-5-7-16(14)21(17)3/h4-7,10,15H,8-9,11H2,1-3H3,(H,19,20). The number of sulfonamides is 1. The number of nitrogens with zero attached hydrogens (tertiary/aromatic N) is 3. The van der Waals surface area contributed by atoms with Gasteiger partial charge in [-0.05, 0) is 37.8 Å². The van der Waals surface area contributed by atoms with Gasteiger partial charge in [0, 0.05) is 37.3 Å². The van der Waals surface area contributed by atoms with Gasteiger partial charge in [0.2, 0.25) is 10.0 Å². The second-order valence-electron chi connectivity index (χ2n) is 6.80. The first-order chi connectivity index (χ1) is 11.9. The number of H-pyrrole nitrogens is 1. The summed E-state index contributed by atoms with van der Waals surface area (Å²) in [7, 11) is -1.46. The third-order valence-electron chi connectivity index (χ3n) is 5.22. The fourth-order valence-corrected chi connectivity index (χ4v) is 5.77. The molecule has 0 bridgehead atoms. The van der Waals surface area contributed by atoms with E-state index in [0.717, 1.165) is 6.42 Å². The van der Waals surface area contributed by atoms with Crippen LogP contribution in [0, 0.1) is 13.8 Å². The van der Waals surface area contributed by atoms with Gasteiger partial charge in [0.25, 0.3) is 0 Å². The second kappa shape index (κ2) is 5.71. The average Bonchev–Trinajstić information content (AvgIpc) is 3.26. The van der Waals surface area contributed by atoms with Gasteiger partial charge in [0.05, 0.1) is 11.4 Å². The number of benzene rings is 1. The van der Waals surface area contributed by atoms with E-state index in [4.69, 9.17) is 0 Å². The third kappa shape index (κ3) is 2.49. The molecule has 1 atom stereocenters. The van der Waals surface area contributed by atoms with Crippen molar-refractivity contribution in [3.05, 3.63) is 47.4 Å². The Labute approximate surface area is 147 Å². The van der Waals surface area contributed by atoms with E-state index in [-0.39, 0.29) is 5.92 Å². The van der Waals surface area contributed by atoms with Crippen LogP contribution in [0.25, 0.3) is 10.9 Å². The van der Waals surface area contributed by atoms with Crippen LogP contribution in [0.4, 0.5) is 0 Å². The molecule has 0 radical (unpaired) electrons. The van der Waals surface area contributed by atoms with Gasteiger partial charge in [-0.1, -0.05) is 18.2 Å². The molecule has 7 heteroatoms. The predicted molar refractivity (Wildman–Crippen MR) is 97.1 cm³/mol. The van der Waals surface area contributed by atoms with E-state index in [1.807, 2.05) is 12.1 Å². The molecular formula is C18H22N4O2S.